The number of allylic oxidation sites excluding steroid dienone is 1. The first-order valence-corrected chi connectivity index (χ1v) is 9.69. The maximum atomic E-state index is 12.4. The van der Waals surface area contributed by atoms with Crippen molar-refractivity contribution in [2.45, 2.75) is 42.4 Å². The van der Waals surface area contributed by atoms with Gasteiger partial charge in [0, 0.05) is 31.1 Å². The summed E-state index contributed by atoms with van der Waals surface area (Å²) < 4.78 is 26.7. The first-order chi connectivity index (χ1) is 10.0. The zero-order chi connectivity index (χ0) is 15.3. The van der Waals surface area contributed by atoms with E-state index in [-0.39, 0.29) is 0 Å². The van der Waals surface area contributed by atoms with E-state index in [0.717, 1.165) is 30.7 Å². The van der Waals surface area contributed by atoms with Crippen molar-refractivity contribution in [3.05, 3.63) is 29.7 Å². The minimum Gasteiger partial charge on any atom is -0.314 e. The molecule has 2 rings (SSSR count). The summed E-state index contributed by atoms with van der Waals surface area (Å²) in [6.45, 7) is 5.12. The predicted octanol–water partition coefficient (Wildman–Crippen LogP) is 2.63. The highest BCUT2D eigenvalue weighted by Gasteiger charge is 2.23. The van der Waals surface area contributed by atoms with E-state index < -0.39 is 10.0 Å². The van der Waals surface area contributed by atoms with Crippen LogP contribution in [0.25, 0.3) is 0 Å². The summed E-state index contributed by atoms with van der Waals surface area (Å²) in [5.41, 5.74) is 0. The lowest BCUT2D eigenvalue weighted by atomic mass is 10.3. The van der Waals surface area contributed by atoms with E-state index in [1.807, 2.05) is 12.1 Å². The number of nitrogens with one attached hydrogen (secondary N) is 1. The molecule has 0 amide bonds. The standard InChI is InChI=1S/C15H24N2O2S2/c1-3-4-5-12-17(2)21(18,19)15-9-8-14(20-15)10-11-16-13-6-7-13/h3,8-9,13,16H,1,4-7,10-12H2,2H3. The first kappa shape index (κ1) is 16.7. The number of unbranched alkanes of at least 4 members (excludes halogenated alkanes) is 1. The highest BCUT2D eigenvalue weighted by Crippen LogP contribution is 2.25. The SMILES string of the molecule is C=CCCCN(C)S(=O)(=O)c1ccc(CCNC2CC2)s1. The van der Waals surface area contributed by atoms with Gasteiger partial charge in [0.25, 0.3) is 10.0 Å². The maximum Gasteiger partial charge on any atom is 0.252 e. The quantitative estimate of drug-likeness (QED) is 0.530. The van der Waals surface area contributed by atoms with Gasteiger partial charge < -0.3 is 5.32 Å². The molecule has 1 saturated carbocycles. The Bertz CT molecular complexity index is 562. The van der Waals surface area contributed by atoms with Gasteiger partial charge in [0.15, 0.2) is 0 Å². The van der Waals surface area contributed by atoms with Crippen LogP contribution < -0.4 is 5.32 Å². The third kappa shape index (κ3) is 4.92. The van der Waals surface area contributed by atoms with E-state index >= 15 is 0 Å². The summed E-state index contributed by atoms with van der Waals surface area (Å²) >= 11 is 1.39. The Morgan fingerprint density at radius 2 is 2.24 bits per heavy atom. The molecule has 6 heteroatoms. The van der Waals surface area contributed by atoms with Gasteiger partial charge in [-0.05, 0) is 44.2 Å². The number of sulfonamides is 1. The number of rotatable bonds is 10. The zero-order valence-electron chi connectivity index (χ0n) is 12.5. The van der Waals surface area contributed by atoms with E-state index in [0.29, 0.717) is 16.8 Å². The molecule has 0 spiro atoms. The number of nitrogens with zero attached hydrogens (tertiary/aromatic N) is 1. The van der Waals surface area contributed by atoms with Crippen LogP contribution in [0.15, 0.2) is 29.0 Å². The van der Waals surface area contributed by atoms with Gasteiger partial charge in [-0.2, -0.15) is 0 Å². The average molecular weight is 329 g/mol. The van der Waals surface area contributed by atoms with Crippen LogP contribution in [0.5, 0.6) is 0 Å². The Hall–Kier alpha value is -0.690. The molecule has 0 unspecified atom stereocenters. The summed E-state index contributed by atoms with van der Waals surface area (Å²) in [5, 5.41) is 3.45. The summed E-state index contributed by atoms with van der Waals surface area (Å²) in [4.78, 5) is 1.13. The van der Waals surface area contributed by atoms with Crippen LogP contribution in [-0.2, 0) is 16.4 Å². The summed E-state index contributed by atoms with van der Waals surface area (Å²) in [6.07, 6.45) is 6.91. The number of hydrogen-bond acceptors (Lipinski definition) is 4. The predicted molar refractivity (Wildman–Crippen MR) is 88.3 cm³/mol. The van der Waals surface area contributed by atoms with Gasteiger partial charge in [-0.3, -0.25) is 0 Å². The molecule has 0 aliphatic heterocycles. The smallest absolute Gasteiger partial charge is 0.252 e. The molecule has 0 radical (unpaired) electrons. The first-order valence-electron chi connectivity index (χ1n) is 7.43. The molecular weight excluding hydrogens is 304 g/mol. The van der Waals surface area contributed by atoms with Crippen LogP contribution in [-0.4, -0.2) is 38.9 Å². The fraction of sp³-hybridized carbons (Fsp3) is 0.600. The number of thiophene rings is 1. The van der Waals surface area contributed by atoms with E-state index in [9.17, 15) is 8.42 Å². The molecule has 1 aliphatic carbocycles. The maximum absolute atomic E-state index is 12.4. The van der Waals surface area contributed by atoms with Gasteiger partial charge in [-0.1, -0.05) is 6.08 Å². The Morgan fingerprint density at radius 1 is 1.48 bits per heavy atom. The molecular formula is C15H24N2O2S2. The molecule has 4 nitrogen and oxygen atoms in total. The van der Waals surface area contributed by atoms with Crippen LogP contribution in [0.3, 0.4) is 0 Å². The molecule has 0 saturated heterocycles. The van der Waals surface area contributed by atoms with Gasteiger partial charge in [-0.25, -0.2) is 12.7 Å². The molecule has 1 aromatic heterocycles. The molecule has 21 heavy (non-hydrogen) atoms. The fourth-order valence-electron chi connectivity index (χ4n) is 2.05. The van der Waals surface area contributed by atoms with Gasteiger partial charge in [0.05, 0.1) is 0 Å². The molecule has 1 N–H and O–H groups in total. The third-order valence-electron chi connectivity index (χ3n) is 3.56. The highest BCUT2D eigenvalue weighted by atomic mass is 32.2. The van der Waals surface area contributed by atoms with Crippen molar-refractivity contribution >= 4 is 21.4 Å². The van der Waals surface area contributed by atoms with Crippen molar-refractivity contribution in [2.75, 3.05) is 20.1 Å². The van der Waals surface area contributed by atoms with Crippen molar-refractivity contribution in [3.63, 3.8) is 0 Å². The van der Waals surface area contributed by atoms with E-state index in [2.05, 4.69) is 11.9 Å². The topological polar surface area (TPSA) is 49.4 Å². The minimum absolute atomic E-state index is 0.449. The van der Waals surface area contributed by atoms with Crippen LogP contribution in [0.4, 0.5) is 0 Å². The lowest BCUT2D eigenvalue weighted by molar-refractivity contribution is 0.464. The monoisotopic (exact) mass is 328 g/mol. The minimum atomic E-state index is -3.33. The van der Waals surface area contributed by atoms with E-state index in [1.54, 1.807) is 13.1 Å². The van der Waals surface area contributed by atoms with Crippen molar-refractivity contribution in [3.8, 4) is 0 Å². The van der Waals surface area contributed by atoms with Gasteiger partial charge in [0.1, 0.15) is 4.21 Å². The summed E-state index contributed by atoms with van der Waals surface area (Å²) in [7, 11) is -1.69. The van der Waals surface area contributed by atoms with Crippen LogP contribution in [0.2, 0.25) is 0 Å². The van der Waals surface area contributed by atoms with Crippen molar-refractivity contribution < 1.29 is 8.42 Å². The Kier molecular flexibility index (Phi) is 5.98. The second-order valence-electron chi connectivity index (χ2n) is 5.46. The second kappa shape index (κ2) is 7.54. The summed E-state index contributed by atoms with van der Waals surface area (Å²) in [6, 6.07) is 4.37. The van der Waals surface area contributed by atoms with E-state index in [1.165, 1.54) is 28.5 Å². The average Bonchev–Trinajstić information content (AvgIpc) is 3.14. The fourth-order valence-corrected chi connectivity index (χ4v) is 4.83. The molecule has 0 aromatic carbocycles. The lowest BCUT2D eigenvalue weighted by Gasteiger charge is -2.15. The largest absolute Gasteiger partial charge is 0.314 e. The Balaban J connectivity index is 1.89. The molecule has 1 fully saturated rings. The number of hydrogen-bond donors (Lipinski definition) is 1. The lowest BCUT2D eigenvalue weighted by Crippen LogP contribution is -2.27. The third-order valence-corrected chi connectivity index (χ3v) is 7.03. The normalized spacial score (nSPS) is 15.5. The molecule has 1 heterocycles. The Morgan fingerprint density at radius 3 is 2.90 bits per heavy atom. The molecule has 0 atom stereocenters. The van der Waals surface area contributed by atoms with Gasteiger partial charge in [-0.15, -0.1) is 17.9 Å². The molecule has 1 aromatic rings. The van der Waals surface area contributed by atoms with Crippen molar-refractivity contribution in [1.82, 2.24) is 9.62 Å². The highest BCUT2D eigenvalue weighted by molar-refractivity contribution is 7.91. The van der Waals surface area contributed by atoms with Crippen LogP contribution in [0.1, 0.15) is 30.6 Å². The van der Waals surface area contributed by atoms with Crippen molar-refractivity contribution in [1.29, 1.82) is 0 Å². The van der Waals surface area contributed by atoms with Gasteiger partial charge in [0.2, 0.25) is 0 Å². The Labute approximate surface area is 131 Å². The van der Waals surface area contributed by atoms with Crippen molar-refractivity contribution in [2.24, 2.45) is 0 Å². The zero-order valence-corrected chi connectivity index (χ0v) is 14.2. The molecule has 118 valence electrons. The van der Waals surface area contributed by atoms with Crippen LogP contribution in [0, 0.1) is 0 Å². The summed E-state index contributed by atoms with van der Waals surface area (Å²) in [5.74, 6) is 0. The van der Waals surface area contributed by atoms with E-state index in [4.69, 9.17) is 0 Å². The second-order valence-corrected chi connectivity index (χ2v) is 8.90. The van der Waals surface area contributed by atoms with Crippen LogP contribution >= 0.6 is 11.3 Å². The van der Waals surface area contributed by atoms with Gasteiger partial charge >= 0.3 is 0 Å². The molecule has 0 bridgehead atoms. The molecule has 1 aliphatic rings.